The number of hydrogen-bond acceptors (Lipinski definition) is 2. The van der Waals surface area contributed by atoms with Crippen molar-refractivity contribution in [3.05, 3.63) is 74.8 Å². The Bertz CT molecular complexity index is 1110. The second kappa shape index (κ2) is 11.3. The predicted octanol–water partition coefficient (Wildman–Crippen LogP) is 6.04. The molecule has 0 aromatic heterocycles. The first-order valence-corrected chi connectivity index (χ1v) is 10.1. The van der Waals surface area contributed by atoms with Gasteiger partial charge in [0.05, 0.1) is 28.1 Å². The number of amides is 2. The van der Waals surface area contributed by atoms with E-state index >= 15 is 0 Å². The Morgan fingerprint density at radius 1 is 0.943 bits per heavy atom. The molecule has 1 unspecified atom stereocenters. The van der Waals surface area contributed by atoms with Crippen LogP contribution in [-0.2, 0) is 4.79 Å². The number of benzene rings is 2. The van der Waals surface area contributed by atoms with Crippen molar-refractivity contribution in [3.63, 3.8) is 0 Å². The van der Waals surface area contributed by atoms with Gasteiger partial charge >= 0.3 is 12.4 Å². The van der Waals surface area contributed by atoms with Gasteiger partial charge in [-0.3, -0.25) is 9.59 Å². The molecule has 0 heterocycles. The van der Waals surface area contributed by atoms with Gasteiger partial charge in [-0.05, 0) is 35.4 Å². The molecular formula is C21H14Cl2F8N2O2. The summed E-state index contributed by atoms with van der Waals surface area (Å²) in [7, 11) is 0. The van der Waals surface area contributed by atoms with Crippen LogP contribution >= 0.6 is 23.2 Å². The van der Waals surface area contributed by atoms with Crippen molar-refractivity contribution < 1.29 is 44.7 Å². The average Bonchev–Trinajstić information content (AvgIpc) is 2.73. The van der Waals surface area contributed by atoms with Crippen molar-refractivity contribution in [1.82, 2.24) is 10.6 Å². The second-order valence-electron chi connectivity index (χ2n) is 6.99. The number of nitrogens with one attached hydrogen (secondary N) is 2. The molecule has 2 amide bonds. The Morgan fingerprint density at radius 3 is 2.06 bits per heavy atom. The third kappa shape index (κ3) is 8.39. The largest absolute Gasteiger partial charge is 0.405 e. The summed E-state index contributed by atoms with van der Waals surface area (Å²) in [5.74, 6) is -6.84. The standard InChI is InChI=1S/C21H14Cl2F8N2O2/c22-14-6-11(7-15(23)18(14)25)13(21(29,30)31)4-2-10-1-3-12(16(24)5-10)19(35)32-8-17(34)33-9-20(26,27)28/h1-7,13H,8-9H2,(H,32,35)(H,33,34). The molecule has 190 valence electrons. The van der Waals surface area contributed by atoms with Crippen LogP contribution in [0.15, 0.2) is 36.4 Å². The van der Waals surface area contributed by atoms with Crippen LogP contribution in [0, 0.1) is 11.6 Å². The van der Waals surface area contributed by atoms with Gasteiger partial charge in [0, 0.05) is 0 Å². The monoisotopic (exact) mass is 548 g/mol. The van der Waals surface area contributed by atoms with E-state index < -0.39 is 76.0 Å². The summed E-state index contributed by atoms with van der Waals surface area (Å²) in [4.78, 5) is 23.3. The Morgan fingerprint density at radius 2 is 1.54 bits per heavy atom. The molecule has 2 rings (SSSR count). The van der Waals surface area contributed by atoms with Crippen LogP contribution in [0.1, 0.15) is 27.4 Å². The fourth-order valence-electron chi connectivity index (χ4n) is 2.71. The zero-order valence-corrected chi connectivity index (χ0v) is 18.6. The molecule has 2 N–H and O–H groups in total. The summed E-state index contributed by atoms with van der Waals surface area (Å²) in [6.45, 7) is -2.49. The molecule has 2 aromatic carbocycles. The summed E-state index contributed by atoms with van der Waals surface area (Å²) in [6.07, 6.45) is -7.94. The Kier molecular flexibility index (Phi) is 9.12. The quantitative estimate of drug-likeness (QED) is 0.327. The van der Waals surface area contributed by atoms with Crippen molar-refractivity contribution in [1.29, 1.82) is 0 Å². The summed E-state index contributed by atoms with van der Waals surface area (Å²) in [5.41, 5.74) is -1.16. The molecule has 35 heavy (non-hydrogen) atoms. The van der Waals surface area contributed by atoms with Crippen LogP contribution in [0.25, 0.3) is 6.08 Å². The summed E-state index contributed by atoms with van der Waals surface area (Å²) in [6, 6.07) is 4.24. The fourth-order valence-corrected chi connectivity index (χ4v) is 3.21. The van der Waals surface area contributed by atoms with Gasteiger partial charge in [-0.1, -0.05) is 41.4 Å². The highest BCUT2D eigenvalue weighted by Crippen LogP contribution is 2.39. The van der Waals surface area contributed by atoms with Gasteiger partial charge in [-0.25, -0.2) is 8.78 Å². The summed E-state index contributed by atoms with van der Waals surface area (Å²) in [5, 5.41) is 2.18. The fraction of sp³-hybridized carbons (Fsp3) is 0.238. The van der Waals surface area contributed by atoms with Crippen molar-refractivity contribution in [3.8, 4) is 0 Å². The molecule has 0 fully saturated rings. The van der Waals surface area contributed by atoms with Crippen LogP contribution < -0.4 is 10.6 Å². The minimum absolute atomic E-state index is 0.0875. The summed E-state index contributed by atoms with van der Waals surface area (Å²) < 4.78 is 105. The Balaban J connectivity index is 2.15. The third-order valence-electron chi connectivity index (χ3n) is 4.33. The highest BCUT2D eigenvalue weighted by atomic mass is 35.5. The zero-order valence-electron chi connectivity index (χ0n) is 17.1. The number of allylic oxidation sites excluding steroid dienone is 1. The predicted molar refractivity (Wildman–Crippen MR) is 112 cm³/mol. The Labute approximate surface area is 202 Å². The van der Waals surface area contributed by atoms with Gasteiger partial charge in [0.15, 0.2) is 5.82 Å². The molecular weight excluding hydrogens is 535 g/mol. The molecule has 0 saturated heterocycles. The van der Waals surface area contributed by atoms with Crippen LogP contribution in [0.2, 0.25) is 10.0 Å². The molecule has 0 aliphatic rings. The number of rotatable bonds is 7. The van der Waals surface area contributed by atoms with Gasteiger partial charge in [-0.15, -0.1) is 0 Å². The minimum Gasteiger partial charge on any atom is -0.345 e. The maximum absolute atomic E-state index is 14.3. The van der Waals surface area contributed by atoms with E-state index in [1.54, 1.807) is 0 Å². The van der Waals surface area contributed by atoms with E-state index in [4.69, 9.17) is 23.2 Å². The first kappa shape index (κ1) is 28.4. The summed E-state index contributed by atoms with van der Waals surface area (Å²) >= 11 is 11.1. The van der Waals surface area contributed by atoms with Crippen LogP contribution in [0.5, 0.6) is 0 Å². The van der Waals surface area contributed by atoms with Crippen molar-refractivity contribution in [2.75, 3.05) is 13.1 Å². The highest BCUT2D eigenvalue weighted by molar-refractivity contribution is 6.35. The molecule has 14 heteroatoms. The maximum Gasteiger partial charge on any atom is 0.405 e. The number of hydrogen-bond donors (Lipinski definition) is 2. The van der Waals surface area contributed by atoms with Crippen LogP contribution in [-0.4, -0.2) is 37.3 Å². The smallest absolute Gasteiger partial charge is 0.345 e. The molecule has 0 aliphatic carbocycles. The average molecular weight is 549 g/mol. The van der Waals surface area contributed by atoms with Crippen molar-refractivity contribution >= 4 is 41.1 Å². The lowest BCUT2D eigenvalue weighted by molar-refractivity contribution is -0.139. The minimum atomic E-state index is -4.84. The lowest BCUT2D eigenvalue weighted by atomic mass is 9.96. The second-order valence-corrected chi connectivity index (χ2v) is 7.81. The molecule has 0 aliphatic heterocycles. The highest BCUT2D eigenvalue weighted by Gasteiger charge is 2.39. The molecule has 2 aromatic rings. The van der Waals surface area contributed by atoms with E-state index in [1.165, 1.54) is 5.32 Å². The van der Waals surface area contributed by atoms with E-state index in [0.717, 1.165) is 36.4 Å². The van der Waals surface area contributed by atoms with Crippen molar-refractivity contribution in [2.45, 2.75) is 18.3 Å². The molecule has 0 bridgehead atoms. The number of alkyl halides is 6. The van der Waals surface area contributed by atoms with E-state index in [9.17, 15) is 44.7 Å². The van der Waals surface area contributed by atoms with E-state index in [0.29, 0.717) is 6.08 Å². The van der Waals surface area contributed by atoms with Crippen molar-refractivity contribution in [2.24, 2.45) is 0 Å². The van der Waals surface area contributed by atoms with E-state index in [1.807, 2.05) is 5.32 Å². The topological polar surface area (TPSA) is 58.2 Å². The molecule has 4 nitrogen and oxygen atoms in total. The van der Waals surface area contributed by atoms with Crippen LogP contribution in [0.3, 0.4) is 0 Å². The maximum atomic E-state index is 14.3. The lowest BCUT2D eigenvalue weighted by Crippen LogP contribution is -2.41. The number of halogens is 10. The first-order chi connectivity index (χ1) is 16.1. The Hall–Kier alpha value is -2.86. The number of carbonyl (C=O) groups is 2. The van der Waals surface area contributed by atoms with Crippen LogP contribution in [0.4, 0.5) is 35.1 Å². The molecule has 0 spiro atoms. The molecule has 0 saturated carbocycles. The van der Waals surface area contributed by atoms with Gasteiger partial charge in [0.25, 0.3) is 5.91 Å². The van der Waals surface area contributed by atoms with E-state index in [-0.39, 0.29) is 5.56 Å². The molecule has 0 radical (unpaired) electrons. The van der Waals surface area contributed by atoms with Gasteiger partial charge in [0.2, 0.25) is 5.91 Å². The van der Waals surface area contributed by atoms with Gasteiger partial charge in [-0.2, -0.15) is 26.3 Å². The van der Waals surface area contributed by atoms with Gasteiger partial charge in [0.1, 0.15) is 12.4 Å². The first-order valence-electron chi connectivity index (χ1n) is 9.39. The number of carbonyl (C=O) groups excluding carboxylic acids is 2. The molecule has 1 atom stereocenters. The SMILES string of the molecule is O=C(CNC(=O)c1ccc(C=CC(c2cc(Cl)c(F)c(Cl)c2)C(F)(F)F)cc1F)NCC(F)(F)F. The lowest BCUT2D eigenvalue weighted by Gasteiger charge is -2.18. The zero-order chi connectivity index (χ0) is 26.6. The normalized spacial score (nSPS) is 13.1. The van der Waals surface area contributed by atoms with Gasteiger partial charge < -0.3 is 10.6 Å². The third-order valence-corrected chi connectivity index (χ3v) is 4.88. The van der Waals surface area contributed by atoms with E-state index in [2.05, 4.69) is 0 Å².